The summed E-state index contributed by atoms with van der Waals surface area (Å²) in [6, 6.07) is 7.57. The van der Waals surface area contributed by atoms with Crippen molar-refractivity contribution < 1.29 is 14.3 Å². The number of carbonyl (C=O) groups excluding carboxylic acids is 1. The zero-order chi connectivity index (χ0) is 16.8. The average molecular weight is 328 g/mol. The van der Waals surface area contributed by atoms with Gasteiger partial charge in [0, 0.05) is 18.8 Å². The topological polar surface area (TPSA) is 76.6 Å². The first-order chi connectivity index (χ1) is 11.8. The number of nitrogens with one attached hydrogen (secondary N) is 1. The number of aromatic nitrogens is 2. The fourth-order valence-corrected chi connectivity index (χ4v) is 2.38. The highest BCUT2D eigenvalue weighted by Crippen LogP contribution is 2.18. The predicted molar refractivity (Wildman–Crippen MR) is 89.6 cm³/mol. The standard InChI is InChI=1S/C17H20N4O3/c1-2-24-14-5-3-13(4-6-14)20-16-12-18-15(11-19-16)17(22)21-7-9-23-10-8-21/h3-6,11-12H,2,7-10H2,1H3,(H,19,20). The number of benzene rings is 1. The molecule has 1 aromatic heterocycles. The van der Waals surface area contributed by atoms with E-state index in [1.165, 1.54) is 6.20 Å². The van der Waals surface area contributed by atoms with Gasteiger partial charge in [0.2, 0.25) is 0 Å². The fourth-order valence-electron chi connectivity index (χ4n) is 2.38. The molecule has 0 atom stereocenters. The van der Waals surface area contributed by atoms with Crippen molar-refractivity contribution in [2.45, 2.75) is 6.92 Å². The third kappa shape index (κ3) is 3.99. The number of rotatable bonds is 5. The molecule has 1 N–H and O–H groups in total. The number of hydrogen-bond donors (Lipinski definition) is 1. The molecule has 1 aliphatic rings. The summed E-state index contributed by atoms with van der Waals surface area (Å²) < 4.78 is 10.6. The van der Waals surface area contributed by atoms with Gasteiger partial charge >= 0.3 is 0 Å². The van der Waals surface area contributed by atoms with Crippen LogP contribution in [0.1, 0.15) is 17.4 Å². The van der Waals surface area contributed by atoms with Gasteiger partial charge in [-0.3, -0.25) is 4.79 Å². The highest BCUT2D eigenvalue weighted by Gasteiger charge is 2.19. The molecule has 1 fully saturated rings. The molecule has 0 bridgehead atoms. The molecule has 2 aromatic rings. The van der Waals surface area contributed by atoms with E-state index >= 15 is 0 Å². The van der Waals surface area contributed by atoms with Crippen molar-refractivity contribution >= 4 is 17.4 Å². The summed E-state index contributed by atoms with van der Waals surface area (Å²) >= 11 is 0. The third-order valence-electron chi connectivity index (χ3n) is 3.61. The van der Waals surface area contributed by atoms with E-state index in [0.717, 1.165) is 11.4 Å². The van der Waals surface area contributed by atoms with Gasteiger partial charge < -0.3 is 19.7 Å². The molecular formula is C17H20N4O3. The van der Waals surface area contributed by atoms with E-state index in [2.05, 4.69) is 15.3 Å². The lowest BCUT2D eigenvalue weighted by molar-refractivity contribution is 0.0298. The van der Waals surface area contributed by atoms with Crippen LogP contribution >= 0.6 is 0 Å². The first-order valence-electron chi connectivity index (χ1n) is 7.95. The molecule has 1 amide bonds. The lowest BCUT2D eigenvalue weighted by atomic mass is 10.3. The monoisotopic (exact) mass is 328 g/mol. The second-order valence-corrected chi connectivity index (χ2v) is 5.27. The molecule has 0 unspecified atom stereocenters. The van der Waals surface area contributed by atoms with E-state index in [1.54, 1.807) is 11.1 Å². The fraction of sp³-hybridized carbons (Fsp3) is 0.353. The first-order valence-corrected chi connectivity index (χ1v) is 7.95. The van der Waals surface area contributed by atoms with Gasteiger partial charge in [0.25, 0.3) is 5.91 Å². The molecule has 7 heteroatoms. The molecule has 3 rings (SSSR count). The van der Waals surface area contributed by atoms with Gasteiger partial charge in [0.1, 0.15) is 17.3 Å². The van der Waals surface area contributed by atoms with E-state index in [1.807, 2.05) is 31.2 Å². The number of hydrogen-bond acceptors (Lipinski definition) is 6. The predicted octanol–water partition coefficient (Wildman–Crippen LogP) is 2.09. The zero-order valence-corrected chi connectivity index (χ0v) is 13.6. The molecule has 2 heterocycles. The van der Waals surface area contributed by atoms with Gasteiger partial charge in [-0.05, 0) is 31.2 Å². The Bertz CT molecular complexity index is 667. The van der Waals surface area contributed by atoms with Crippen LogP contribution in [0.2, 0.25) is 0 Å². The molecule has 126 valence electrons. The minimum atomic E-state index is -0.113. The highest BCUT2D eigenvalue weighted by atomic mass is 16.5. The second-order valence-electron chi connectivity index (χ2n) is 5.27. The van der Waals surface area contributed by atoms with Crippen LogP contribution in [0.25, 0.3) is 0 Å². The van der Waals surface area contributed by atoms with E-state index in [-0.39, 0.29) is 5.91 Å². The Morgan fingerprint density at radius 2 is 1.96 bits per heavy atom. The van der Waals surface area contributed by atoms with Crippen LogP contribution in [-0.2, 0) is 4.74 Å². The van der Waals surface area contributed by atoms with Gasteiger partial charge in [0.05, 0.1) is 32.2 Å². The molecule has 0 saturated carbocycles. The van der Waals surface area contributed by atoms with E-state index in [9.17, 15) is 4.79 Å². The molecule has 7 nitrogen and oxygen atoms in total. The van der Waals surface area contributed by atoms with Crippen molar-refractivity contribution in [3.63, 3.8) is 0 Å². The number of ether oxygens (including phenoxy) is 2. The lowest BCUT2D eigenvalue weighted by Gasteiger charge is -2.26. The number of morpholine rings is 1. The summed E-state index contributed by atoms with van der Waals surface area (Å²) in [6.07, 6.45) is 3.05. The van der Waals surface area contributed by atoms with Crippen LogP contribution in [0.3, 0.4) is 0 Å². The van der Waals surface area contributed by atoms with Gasteiger partial charge in [-0.2, -0.15) is 0 Å². The number of nitrogens with zero attached hydrogens (tertiary/aromatic N) is 3. The number of carbonyl (C=O) groups is 1. The van der Waals surface area contributed by atoms with Crippen LogP contribution in [0.4, 0.5) is 11.5 Å². The minimum Gasteiger partial charge on any atom is -0.494 e. The highest BCUT2D eigenvalue weighted by molar-refractivity contribution is 5.92. The Morgan fingerprint density at radius 1 is 1.21 bits per heavy atom. The van der Waals surface area contributed by atoms with Crippen molar-refractivity contribution in [3.8, 4) is 5.75 Å². The second kappa shape index (κ2) is 7.74. The molecular weight excluding hydrogens is 308 g/mol. The van der Waals surface area contributed by atoms with Crippen LogP contribution < -0.4 is 10.1 Å². The summed E-state index contributed by atoms with van der Waals surface area (Å²) in [6.45, 7) is 4.89. The van der Waals surface area contributed by atoms with E-state index < -0.39 is 0 Å². The molecule has 1 aliphatic heterocycles. The van der Waals surface area contributed by atoms with E-state index in [0.29, 0.717) is 44.4 Å². The number of amides is 1. The smallest absolute Gasteiger partial charge is 0.274 e. The van der Waals surface area contributed by atoms with Crippen LogP contribution in [0.5, 0.6) is 5.75 Å². The summed E-state index contributed by atoms with van der Waals surface area (Å²) in [5.74, 6) is 1.29. The molecule has 0 aliphatic carbocycles. The van der Waals surface area contributed by atoms with Crippen LogP contribution in [-0.4, -0.2) is 53.7 Å². The zero-order valence-electron chi connectivity index (χ0n) is 13.6. The molecule has 1 aromatic carbocycles. The van der Waals surface area contributed by atoms with Crippen molar-refractivity contribution in [1.29, 1.82) is 0 Å². The summed E-state index contributed by atoms with van der Waals surface area (Å²) in [7, 11) is 0. The van der Waals surface area contributed by atoms with Crippen LogP contribution in [0, 0.1) is 0 Å². The first kappa shape index (κ1) is 16.2. The van der Waals surface area contributed by atoms with Gasteiger partial charge in [-0.25, -0.2) is 9.97 Å². The molecule has 24 heavy (non-hydrogen) atoms. The molecule has 0 radical (unpaired) electrons. The Labute approximate surface area is 140 Å². The number of anilines is 2. The maximum Gasteiger partial charge on any atom is 0.274 e. The Balaban J connectivity index is 1.62. The van der Waals surface area contributed by atoms with Crippen molar-refractivity contribution in [2.75, 3.05) is 38.2 Å². The summed E-state index contributed by atoms with van der Waals surface area (Å²) in [4.78, 5) is 22.5. The normalized spacial score (nSPS) is 14.3. The molecule has 1 saturated heterocycles. The van der Waals surface area contributed by atoms with E-state index in [4.69, 9.17) is 9.47 Å². The van der Waals surface area contributed by atoms with Crippen molar-refractivity contribution in [1.82, 2.24) is 14.9 Å². The minimum absolute atomic E-state index is 0.113. The van der Waals surface area contributed by atoms with Gasteiger partial charge in [0.15, 0.2) is 0 Å². The lowest BCUT2D eigenvalue weighted by Crippen LogP contribution is -2.41. The van der Waals surface area contributed by atoms with Crippen molar-refractivity contribution in [3.05, 3.63) is 42.4 Å². The Hall–Kier alpha value is -2.67. The summed E-state index contributed by atoms with van der Waals surface area (Å²) in [5.41, 5.74) is 1.22. The third-order valence-corrected chi connectivity index (χ3v) is 3.61. The van der Waals surface area contributed by atoms with Gasteiger partial charge in [-0.15, -0.1) is 0 Å². The van der Waals surface area contributed by atoms with Crippen LogP contribution in [0.15, 0.2) is 36.7 Å². The Morgan fingerprint density at radius 3 is 2.58 bits per heavy atom. The SMILES string of the molecule is CCOc1ccc(Nc2cnc(C(=O)N3CCOCC3)cn2)cc1. The van der Waals surface area contributed by atoms with Crippen molar-refractivity contribution in [2.24, 2.45) is 0 Å². The quantitative estimate of drug-likeness (QED) is 0.906. The average Bonchev–Trinajstić information content (AvgIpc) is 2.64. The van der Waals surface area contributed by atoms with Gasteiger partial charge in [-0.1, -0.05) is 0 Å². The largest absolute Gasteiger partial charge is 0.494 e. The summed E-state index contributed by atoms with van der Waals surface area (Å²) in [5, 5.41) is 3.14. The maximum atomic E-state index is 12.3. The molecule has 0 spiro atoms. The maximum absolute atomic E-state index is 12.3. The Kier molecular flexibility index (Phi) is 5.22.